The first kappa shape index (κ1) is 15.9. The Kier molecular flexibility index (Phi) is 3.81. The highest BCUT2D eigenvalue weighted by molar-refractivity contribution is 7.20. The number of nitrogens with one attached hydrogen (secondary N) is 1. The zero-order chi connectivity index (χ0) is 16.9. The molecule has 4 nitrogen and oxygen atoms in total. The average molecular weight is 344 g/mol. The molecule has 4 heterocycles. The molecule has 5 heteroatoms. The molecule has 3 aliphatic heterocycles. The lowest BCUT2D eigenvalue weighted by Crippen LogP contribution is -2.69. The van der Waals surface area contributed by atoms with E-state index in [1.165, 1.54) is 12.8 Å². The highest BCUT2D eigenvalue weighted by atomic mass is 32.1. The highest BCUT2D eigenvalue weighted by Gasteiger charge is 2.48. The zero-order valence-electron chi connectivity index (χ0n) is 14.5. The lowest BCUT2D eigenvalue weighted by Gasteiger charge is -2.56. The van der Waals surface area contributed by atoms with Gasteiger partial charge in [0.2, 0.25) is 0 Å². The Labute approximate surface area is 146 Å². The van der Waals surface area contributed by atoms with E-state index in [0.29, 0.717) is 5.92 Å². The maximum atomic E-state index is 12.9. The summed E-state index contributed by atoms with van der Waals surface area (Å²) in [5.74, 6) is 1.48. The minimum atomic E-state index is 0.0384. The van der Waals surface area contributed by atoms with Crippen molar-refractivity contribution in [2.45, 2.75) is 38.3 Å². The van der Waals surface area contributed by atoms with Crippen LogP contribution in [0.5, 0.6) is 5.75 Å². The molecule has 1 atom stereocenters. The van der Waals surface area contributed by atoms with Gasteiger partial charge in [0.1, 0.15) is 5.75 Å². The number of fused-ring (bicyclic) bond motifs is 4. The van der Waals surface area contributed by atoms with Crippen LogP contribution in [0.3, 0.4) is 0 Å². The first-order chi connectivity index (χ1) is 11.5. The summed E-state index contributed by atoms with van der Waals surface area (Å²) >= 11 is 1.55. The molecule has 1 aromatic carbocycles. The Balaban J connectivity index is 1.58. The number of ether oxygens (including phenoxy) is 1. The molecular weight excluding hydrogens is 320 g/mol. The van der Waals surface area contributed by atoms with Gasteiger partial charge in [-0.2, -0.15) is 0 Å². The summed E-state index contributed by atoms with van der Waals surface area (Å²) in [6.45, 7) is 6.84. The van der Waals surface area contributed by atoms with Crippen molar-refractivity contribution >= 4 is 27.3 Å². The Bertz CT molecular complexity index is 775. The number of hydrogen-bond acceptors (Lipinski definition) is 4. The van der Waals surface area contributed by atoms with Crippen LogP contribution in [0.2, 0.25) is 0 Å². The fourth-order valence-corrected chi connectivity index (χ4v) is 5.30. The van der Waals surface area contributed by atoms with Crippen LogP contribution in [0.1, 0.15) is 36.4 Å². The summed E-state index contributed by atoms with van der Waals surface area (Å²) < 4.78 is 6.39. The summed E-state index contributed by atoms with van der Waals surface area (Å²) in [5.41, 5.74) is 0.0384. The van der Waals surface area contributed by atoms with E-state index < -0.39 is 0 Å². The van der Waals surface area contributed by atoms with Gasteiger partial charge in [-0.05, 0) is 75.3 Å². The van der Waals surface area contributed by atoms with Gasteiger partial charge in [-0.15, -0.1) is 11.3 Å². The second kappa shape index (κ2) is 5.74. The Morgan fingerprint density at radius 2 is 2.04 bits per heavy atom. The molecule has 0 radical (unpaired) electrons. The minimum absolute atomic E-state index is 0.0384. The first-order valence-corrected chi connectivity index (χ1v) is 9.44. The normalized spacial score (nSPS) is 28.0. The van der Waals surface area contributed by atoms with Gasteiger partial charge in [-0.25, -0.2) is 0 Å². The van der Waals surface area contributed by atoms with Crippen LogP contribution in [0.4, 0.5) is 0 Å². The molecule has 24 heavy (non-hydrogen) atoms. The Morgan fingerprint density at radius 1 is 1.29 bits per heavy atom. The third kappa shape index (κ3) is 2.50. The molecule has 1 unspecified atom stereocenters. The number of rotatable bonds is 3. The van der Waals surface area contributed by atoms with E-state index in [-0.39, 0.29) is 17.5 Å². The van der Waals surface area contributed by atoms with E-state index in [2.05, 4.69) is 24.1 Å². The van der Waals surface area contributed by atoms with Crippen LogP contribution in [0.25, 0.3) is 10.1 Å². The molecular formula is C19H24N2O2S. The molecule has 3 aliphatic rings. The summed E-state index contributed by atoms with van der Waals surface area (Å²) in [4.78, 5) is 16.2. The van der Waals surface area contributed by atoms with Gasteiger partial charge in [-0.1, -0.05) is 0 Å². The molecule has 128 valence electrons. The third-order valence-corrected chi connectivity index (χ3v) is 6.94. The number of methoxy groups -OCH3 is 1. The molecule has 0 saturated carbocycles. The summed E-state index contributed by atoms with van der Waals surface area (Å²) in [6, 6.07) is 8.16. The van der Waals surface area contributed by atoms with Crippen LogP contribution in [-0.2, 0) is 0 Å². The van der Waals surface area contributed by atoms with E-state index >= 15 is 0 Å². The van der Waals surface area contributed by atoms with Crippen LogP contribution < -0.4 is 10.1 Å². The number of benzene rings is 1. The lowest BCUT2D eigenvalue weighted by atomic mass is 9.72. The van der Waals surface area contributed by atoms with Crippen molar-refractivity contribution in [1.29, 1.82) is 0 Å². The van der Waals surface area contributed by atoms with E-state index in [1.807, 2.05) is 24.3 Å². The Hall–Kier alpha value is -1.59. The molecule has 1 aromatic heterocycles. The molecule has 1 amide bonds. The summed E-state index contributed by atoms with van der Waals surface area (Å²) in [7, 11) is 1.66. The Morgan fingerprint density at radius 3 is 2.71 bits per heavy atom. The van der Waals surface area contributed by atoms with E-state index in [9.17, 15) is 4.79 Å². The second-order valence-corrected chi connectivity index (χ2v) is 8.53. The molecule has 1 N–H and O–H groups in total. The van der Waals surface area contributed by atoms with Gasteiger partial charge in [0.05, 0.1) is 12.0 Å². The highest BCUT2D eigenvalue weighted by Crippen LogP contribution is 2.39. The maximum Gasteiger partial charge on any atom is 0.261 e. The smallest absolute Gasteiger partial charge is 0.261 e. The number of nitrogens with zero attached hydrogens (tertiary/aromatic N) is 1. The minimum Gasteiger partial charge on any atom is -0.497 e. The third-order valence-electron chi connectivity index (χ3n) is 5.82. The predicted octanol–water partition coefficient (Wildman–Crippen LogP) is 3.51. The molecule has 0 spiro atoms. The topological polar surface area (TPSA) is 41.6 Å². The van der Waals surface area contributed by atoms with Crippen molar-refractivity contribution < 1.29 is 9.53 Å². The largest absolute Gasteiger partial charge is 0.497 e. The number of carbonyl (C=O) groups excluding carboxylic acids is 1. The van der Waals surface area contributed by atoms with Gasteiger partial charge >= 0.3 is 0 Å². The summed E-state index contributed by atoms with van der Waals surface area (Å²) in [6.07, 6.45) is 2.38. The fraction of sp³-hybridized carbons (Fsp3) is 0.526. The van der Waals surface area contributed by atoms with E-state index in [1.54, 1.807) is 18.4 Å². The predicted molar refractivity (Wildman–Crippen MR) is 98.0 cm³/mol. The van der Waals surface area contributed by atoms with Crippen molar-refractivity contribution in [2.24, 2.45) is 5.92 Å². The van der Waals surface area contributed by atoms with Gasteiger partial charge in [0.25, 0.3) is 5.91 Å². The van der Waals surface area contributed by atoms with Crippen LogP contribution in [-0.4, -0.2) is 42.6 Å². The lowest BCUT2D eigenvalue weighted by molar-refractivity contribution is -0.0377. The van der Waals surface area contributed by atoms with Gasteiger partial charge in [-0.3, -0.25) is 9.69 Å². The molecule has 5 rings (SSSR count). The molecule has 3 saturated heterocycles. The van der Waals surface area contributed by atoms with Crippen molar-refractivity contribution in [3.8, 4) is 5.75 Å². The quantitative estimate of drug-likeness (QED) is 0.926. The zero-order valence-corrected chi connectivity index (χ0v) is 15.3. The standard InChI is InChI=1S/C19H24N2O2S/c1-19(2)17(12-6-8-21(19)9-7-12)20-18(22)16-11-13-10-14(23-3)4-5-15(13)24-16/h4-5,10-12,17H,6-9H2,1-3H3,(H,20,22). The van der Waals surface area contributed by atoms with Crippen molar-refractivity contribution in [1.82, 2.24) is 10.2 Å². The molecule has 2 aromatic rings. The fourth-order valence-electron chi connectivity index (χ4n) is 4.35. The van der Waals surface area contributed by atoms with Crippen molar-refractivity contribution in [3.63, 3.8) is 0 Å². The van der Waals surface area contributed by atoms with Crippen LogP contribution in [0.15, 0.2) is 24.3 Å². The number of piperidine rings is 3. The SMILES string of the molecule is COc1ccc2sc(C(=O)NC3C4CCN(CC4)C3(C)C)cc2c1. The first-order valence-electron chi connectivity index (χ1n) is 8.62. The second-order valence-electron chi connectivity index (χ2n) is 7.44. The molecule has 3 fully saturated rings. The summed E-state index contributed by atoms with van der Waals surface area (Å²) in [5, 5.41) is 4.41. The van der Waals surface area contributed by atoms with Crippen molar-refractivity contribution in [3.05, 3.63) is 29.1 Å². The molecule has 0 aliphatic carbocycles. The van der Waals surface area contributed by atoms with Crippen LogP contribution in [0, 0.1) is 5.92 Å². The average Bonchev–Trinajstić information content (AvgIpc) is 3.01. The number of hydrogen-bond donors (Lipinski definition) is 1. The van der Waals surface area contributed by atoms with Crippen molar-refractivity contribution in [2.75, 3.05) is 20.2 Å². The van der Waals surface area contributed by atoms with Crippen LogP contribution >= 0.6 is 11.3 Å². The van der Waals surface area contributed by atoms with Gasteiger partial charge in [0.15, 0.2) is 0 Å². The monoisotopic (exact) mass is 344 g/mol. The molecule has 2 bridgehead atoms. The number of carbonyl (C=O) groups is 1. The van der Waals surface area contributed by atoms with E-state index in [4.69, 9.17) is 4.74 Å². The van der Waals surface area contributed by atoms with E-state index in [0.717, 1.165) is 33.8 Å². The van der Waals surface area contributed by atoms with Gasteiger partial charge in [0, 0.05) is 16.3 Å². The van der Waals surface area contributed by atoms with Gasteiger partial charge < -0.3 is 10.1 Å². The number of amides is 1. The number of thiophene rings is 1. The maximum absolute atomic E-state index is 12.9.